The molecule has 1 radical (unpaired) electrons. The van der Waals surface area contributed by atoms with Crippen LogP contribution in [0.5, 0.6) is 0 Å². The van der Waals surface area contributed by atoms with Gasteiger partial charge in [-0.15, -0.1) is 0 Å². The van der Waals surface area contributed by atoms with Crippen LogP contribution in [0, 0.1) is 6.07 Å². The second kappa shape index (κ2) is 3.97. The number of nitrogens with one attached hydrogen (secondary N) is 1. The maximum Gasteiger partial charge on any atom is 0.0428 e. The van der Waals surface area contributed by atoms with E-state index >= 15 is 0 Å². The van der Waals surface area contributed by atoms with Gasteiger partial charge in [0.1, 0.15) is 0 Å². The molecule has 0 aromatic heterocycles. The number of thioether (sulfide) groups is 1. The molecule has 1 aromatic rings. The number of rotatable bonds is 1. The Balaban J connectivity index is 2.08. The lowest BCUT2D eigenvalue weighted by molar-refractivity contribution is 0.689. The third kappa shape index (κ3) is 1.82. The molecular formula is C10H12NS. The van der Waals surface area contributed by atoms with E-state index in [2.05, 4.69) is 23.5 Å². The molecule has 63 valence electrons. The molecule has 2 heteroatoms. The molecule has 1 heterocycles. The first-order chi connectivity index (χ1) is 5.97. The Morgan fingerprint density at radius 1 is 1.50 bits per heavy atom. The van der Waals surface area contributed by atoms with E-state index in [4.69, 9.17) is 0 Å². The molecule has 1 aliphatic rings. The number of hydrogen-bond acceptors (Lipinski definition) is 2. The molecular weight excluding hydrogens is 166 g/mol. The zero-order valence-corrected chi connectivity index (χ0v) is 7.73. The van der Waals surface area contributed by atoms with Crippen LogP contribution in [0.2, 0.25) is 0 Å². The van der Waals surface area contributed by atoms with Crippen molar-refractivity contribution in [3.63, 3.8) is 0 Å². The fourth-order valence-corrected chi connectivity index (χ4v) is 2.48. The van der Waals surface area contributed by atoms with Gasteiger partial charge in [-0.1, -0.05) is 24.3 Å². The van der Waals surface area contributed by atoms with Crippen LogP contribution in [-0.2, 0) is 0 Å². The summed E-state index contributed by atoms with van der Waals surface area (Å²) in [4.78, 5) is 0. The molecule has 0 spiro atoms. The second-order valence-corrected chi connectivity index (χ2v) is 4.19. The van der Waals surface area contributed by atoms with Crippen LogP contribution >= 0.6 is 11.8 Å². The van der Waals surface area contributed by atoms with Gasteiger partial charge in [0.25, 0.3) is 0 Å². The Hall–Kier alpha value is -0.470. The van der Waals surface area contributed by atoms with E-state index in [1.54, 1.807) is 0 Å². The number of hydrogen-bond donors (Lipinski definition) is 1. The van der Waals surface area contributed by atoms with E-state index in [-0.39, 0.29) is 0 Å². The van der Waals surface area contributed by atoms with E-state index in [0.29, 0.717) is 5.25 Å². The first kappa shape index (κ1) is 8.14. The fourth-order valence-electron chi connectivity index (χ4n) is 1.37. The molecule has 12 heavy (non-hydrogen) atoms. The Morgan fingerprint density at radius 2 is 2.50 bits per heavy atom. The normalized spacial score (nSPS) is 23.8. The van der Waals surface area contributed by atoms with Crippen LogP contribution in [0.4, 0.5) is 0 Å². The van der Waals surface area contributed by atoms with Gasteiger partial charge in [0.15, 0.2) is 0 Å². The largest absolute Gasteiger partial charge is 0.314 e. The van der Waals surface area contributed by atoms with Crippen molar-refractivity contribution in [3.05, 3.63) is 35.9 Å². The minimum atomic E-state index is 0.611. The molecule has 1 aromatic carbocycles. The van der Waals surface area contributed by atoms with Crippen LogP contribution in [-0.4, -0.2) is 18.8 Å². The molecule has 1 aliphatic heterocycles. The zero-order valence-electron chi connectivity index (χ0n) is 6.92. The minimum Gasteiger partial charge on any atom is -0.314 e. The Morgan fingerprint density at radius 3 is 3.17 bits per heavy atom. The smallest absolute Gasteiger partial charge is 0.0428 e. The standard InChI is InChI=1S/C10H12NS/c1-2-4-9(5-3-1)10-8-11-6-7-12-10/h1-4,10-11H,6-8H2. The summed E-state index contributed by atoms with van der Waals surface area (Å²) in [5, 5.41) is 4.00. The lowest BCUT2D eigenvalue weighted by Crippen LogP contribution is -2.28. The summed E-state index contributed by atoms with van der Waals surface area (Å²) in [7, 11) is 0. The first-order valence-corrected chi connectivity index (χ1v) is 5.30. The van der Waals surface area contributed by atoms with Crippen molar-refractivity contribution < 1.29 is 0 Å². The number of benzene rings is 1. The molecule has 1 N–H and O–H groups in total. The monoisotopic (exact) mass is 178 g/mol. The van der Waals surface area contributed by atoms with Crippen molar-refractivity contribution in [1.29, 1.82) is 0 Å². The summed E-state index contributed by atoms with van der Waals surface area (Å²) < 4.78 is 0. The molecule has 0 aliphatic carbocycles. The average Bonchev–Trinajstić information content (AvgIpc) is 2.21. The summed E-state index contributed by atoms with van der Waals surface area (Å²) in [5.74, 6) is 1.22. The Bertz CT molecular complexity index is 229. The molecule has 1 saturated heterocycles. The third-order valence-electron chi connectivity index (χ3n) is 2.01. The van der Waals surface area contributed by atoms with Gasteiger partial charge in [-0.25, -0.2) is 0 Å². The molecule has 1 unspecified atom stereocenters. The second-order valence-electron chi connectivity index (χ2n) is 2.88. The van der Waals surface area contributed by atoms with Gasteiger partial charge in [-0.3, -0.25) is 0 Å². The molecule has 1 atom stereocenters. The highest BCUT2D eigenvalue weighted by atomic mass is 32.2. The maximum absolute atomic E-state index is 3.39. The van der Waals surface area contributed by atoms with E-state index in [0.717, 1.165) is 13.1 Å². The molecule has 1 fully saturated rings. The van der Waals surface area contributed by atoms with Gasteiger partial charge < -0.3 is 5.32 Å². The third-order valence-corrected chi connectivity index (χ3v) is 3.27. The van der Waals surface area contributed by atoms with Crippen molar-refractivity contribution in [3.8, 4) is 0 Å². The highest BCUT2D eigenvalue weighted by molar-refractivity contribution is 7.99. The van der Waals surface area contributed by atoms with Gasteiger partial charge in [0, 0.05) is 24.1 Å². The van der Waals surface area contributed by atoms with Gasteiger partial charge >= 0.3 is 0 Å². The topological polar surface area (TPSA) is 12.0 Å². The maximum atomic E-state index is 3.39. The highest BCUT2D eigenvalue weighted by Crippen LogP contribution is 2.29. The van der Waals surface area contributed by atoms with Crippen molar-refractivity contribution in [2.45, 2.75) is 5.25 Å². The van der Waals surface area contributed by atoms with E-state index in [1.807, 2.05) is 23.9 Å². The zero-order chi connectivity index (χ0) is 8.23. The van der Waals surface area contributed by atoms with Gasteiger partial charge in [-0.2, -0.15) is 11.8 Å². The summed E-state index contributed by atoms with van der Waals surface area (Å²) in [6, 6.07) is 11.5. The highest BCUT2D eigenvalue weighted by Gasteiger charge is 2.14. The Labute approximate surface area is 77.6 Å². The Kier molecular flexibility index (Phi) is 2.69. The van der Waals surface area contributed by atoms with Crippen LogP contribution in [0.25, 0.3) is 0 Å². The molecule has 1 nitrogen and oxygen atoms in total. The summed E-state index contributed by atoms with van der Waals surface area (Å²) in [6.45, 7) is 2.24. The average molecular weight is 178 g/mol. The van der Waals surface area contributed by atoms with Crippen molar-refractivity contribution >= 4 is 11.8 Å². The van der Waals surface area contributed by atoms with Crippen molar-refractivity contribution in [2.24, 2.45) is 0 Å². The minimum absolute atomic E-state index is 0.611. The summed E-state index contributed by atoms with van der Waals surface area (Å²) in [5.41, 5.74) is 1.33. The SMILES string of the molecule is [c]1ccccc1C1CNCCS1. The van der Waals surface area contributed by atoms with Gasteiger partial charge in [-0.05, 0) is 11.6 Å². The lowest BCUT2D eigenvalue weighted by atomic mass is 10.1. The fraction of sp³-hybridized carbons (Fsp3) is 0.400. The molecule has 2 rings (SSSR count). The molecule has 0 saturated carbocycles. The van der Waals surface area contributed by atoms with Gasteiger partial charge in [0.2, 0.25) is 0 Å². The molecule has 0 bridgehead atoms. The summed E-state index contributed by atoms with van der Waals surface area (Å²) >= 11 is 2.02. The van der Waals surface area contributed by atoms with Crippen molar-refractivity contribution in [1.82, 2.24) is 5.32 Å². The predicted octanol–water partition coefficient (Wildman–Crippen LogP) is 1.86. The predicted molar refractivity (Wildman–Crippen MR) is 53.3 cm³/mol. The quantitative estimate of drug-likeness (QED) is 0.704. The molecule has 0 amide bonds. The van der Waals surface area contributed by atoms with Crippen LogP contribution < -0.4 is 5.32 Å². The van der Waals surface area contributed by atoms with Crippen LogP contribution in [0.15, 0.2) is 24.3 Å². The lowest BCUT2D eigenvalue weighted by Gasteiger charge is -2.22. The van der Waals surface area contributed by atoms with Crippen LogP contribution in [0.1, 0.15) is 10.8 Å². The van der Waals surface area contributed by atoms with Gasteiger partial charge in [0.05, 0.1) is 0 Å². The van der Waals surface area contributed by atoms with E-state index in [9.17, 15) is 0 Å². The summed E-state index contributed by atoms with van der Waals surface area (Å²) in [6.07, 6.45) is 0. The first-order valence-electron chi connectivity index (χ1n) is 4.26. The van der Waals surface area contributed by atoms with Crippen LogP contribution in [0.3, 0.4) is 0 Å². The van der Waals surface area contributed by atoms with E-state index < -0.39 is 0 Å². The van der Waals surface area contributed by atoms with Crippen molar-refractivity contribution in [2.75, 3.05) is 18.8 Å². The van der Waals surface area contributed by atoms with E-state index in [1.165, 1.54) is 11.3 Å².